The number of hydrogen-bond donors (Lipinski definition) is 3. The van der Waals surface area contributed by atoms with E-state index in [1.165, 1.54) is 0 Å². The quantitative estimate of drug-likeness (QED) is 0.0649. The van der Waals surface area contributed by atoms with Crippen molar-refractivity contribution < 1.29 is 33.6 Å². The third kappa shape index (κ3) is 24.2. The Balaban J connectivity index is -0.00000123. The molecule has 0 radical (unpaired) electrons. The van der Waals surface area contributed by atoms with Gasteiger partial charge in [-0.25, -0.2) is 0 Å². The third-order valence-corrected chi connectivity index (χ3v) is 6.42. The fourth-order valence-corrected chi connectivity index (χ4v) is 4.16. The van der Waals surface area contributed by atoms with Crippen molar-refractivity contribution >= 4 is 11.9 Å². The molecule has 0 saturated carbocycles. The largest absolute Gasteiger partial charge is 0.493 e. The molecule has 0 heterocycles. The lowest BCUT2D eigenvalue weighted by molar-refractivity contribution is -0.140. The summed E-state index contributed by atoms with van der Waals surface area (Å²) < 4.78 is 23.2. The second-order valence-corrected chi connectivity index (χ2v) is 10.1. The number of aliphatic carboxylic acids is 1. The molecule has 272 valence electrons. The summed E-state index contributed by atoms with van der Waals surface area (Å²) in [4.78, 5) is 22.0. The molecule has 0 aromatic carbocycles. The molecular weight excluding hydrogens is 608 g/mol. The van der Waals surface area contributed by atoms with Gasteiger partial charge in [0.25, 0.3) is 0 Å². The molecule has 0 fully saturated rings. The van der Waals surface area contributed by atoms with E-state index in [9.17, 15) is 9.59 Å². The van der Waals surface area contributed by atoms with Gasteiger partial charge in [-0.15, -0.1) is 19.4 Å². The number of carboxylic acid groups (broad SMARTS) is 1. The Morgan fingerprint density at radius 1 is 1.08 bits per heavy atom. The van der Waals surface area contributed by atoms with Gasteiger partial charge >= 0.3 is 11.9 Å². The normalized spacial score (nSPS) is 18.0. The van der Waals surface area contributed by atoms with Crippen molar-refractivity contribution in [2.75, 3.05) is 34.9 Å². The number of carbonyl (C=O) groups excluding carboxylic acids is 1. The molecule has 0 aromatic heterocycles. The van der Waals surface area contributed by atoms with Gasteiger partial charge in [0.15, 0.2) is 11.5 Å². The van der Waals surface area contributed by atoms with Gasteiger partial charge in [0.05, 0.1) is 19.3 Å². The number of nitrogens with one attached hydrogen (secondary N) is 2. The number of rotatable bonds is 16. The Kier molecular flexibility index (Phi) is 34.6. The van der Waals surface area contributed by atoms with Crippen molar-refractivity contribution in [2.24, 2.45) is 5.92 Å². The van der Waals surface area contributed by atoms with Crippen LogP contribution in [0.4, 0.5) is 0 Å². The number of ether oxygens (including phenoxy) is 4. The molecule has 0 amide bonds. The molecule has 48 heavy (non-hydrogen) atoms. The molecule has 0 spiro atoms. The summed E-state index contributed by atoms with van der Waals surface area (Å²) in [6, 6.07) is 0. The Morgan fingerprint density at radius 2 is 1.75 bits per heavy atom. The smallest absolute Gasteiger partial charge is 0.311 e. The Morgan fingerprint density at radius 3 is 2.23 bits per heavy atom. The van der Waals surface area contributed by atoms with Crippen molar-refractivity contribution in [3.05, 3.63) is 84.2 Å². The molecule has 9 heteroatoms. The summed E-state index contributed by atoms with van der Waals surface area (Å²) in [5.74, 6) is 1.17. The molecule has 0 saturated heterocycles. The van der Waals surface area contributed by atoms with E-state index in [1.807, 2.05) is 65.4 Å². The predicted octanol–water partition coefficient (Wildman–Crippen LogP) is 8.01. The lowest BCUT2D eigenvalue weighted by atomic mass is 9.99. The molecule has 2 aliphatic carbocycles. The number of terminal acetylenes is 1. The minimum atomic E-state index is -0.745. The van der Waals surface area contributed by atoms with Gasteiger partial charge in [-0.05, 0) is 75.2 Å². The van der Waals surface area contributed by atoms with Crippen LogP contribution in [0.2, 0.25) is 0 Å². The van der Waals surface area contributed by atoms with Gasteiger partial charge in [0.1, 0.15) is 12.2 Å². The fourth-order valence-electron chi connectivity index (χ4n) is 4.16. The minimum absolute atomic E-state index is 0.157. The highest BCUT2D eigenvalue weighted by atomic mass is 16.6. The number of methoxy groups -OCH3 is 2. The molecule has 2 rings (SSSR count). The fraction of sp³-hybridized carbons (Fsp3) is 0.538. The van der Waals surface area contributed by atoms with Crippen molar-refractivity contribution in [1.82, 2.24) is 10.6 Å². The van der Waals surface area contributed by atoms with Crippen LogP contribution < -0.4 is 10.6 Å². The summed E-state index contributed by atoms with van der Waals surface area (Å²) in [6.45, 7) is 14.4. The van der Waals surface area contributed by atoms with Crippen molar-refractivity contribution in [3.8, 4) is 12.8 Å². The summed E-state index contributed by atoms with van der Waals surface area (Å²) >= 11 is 0. The summed E-state index contributed by atoms with van der Waals surface area (Å²) in [6.07, 6.45) is 30.8. The first-order valence-electron chi connectivity index (χ1n) is 16.7. The van der Waals surface area contributed by atoms with Crippen molar-refractivity contribution in [3.63, 3.8) is 0 Å². The molecule has 3 atom stereocenters. The highest BCUT2D eigenvalue weighted by Crippen LogP contribution is 2.26. The number of hydrogen-bond acceptors (Lipinski definition) is 8. The van der Waals surface area contributed by atoms with E-state index >= 15 is 0 Å². The molecule has 0 bridgehead atoms. The third-order valence-electron chi connectivity index (χ3n) is 6.42. The average molecular weight is 673 g/mol. The van der Waals surface area contributed by atoms with E-state index in [0.717, 1.165) is 50.0 Å². The number of carbonyl (C=O) groups is 2. The molecular formula is C39H64N2O7. The van der Waals surface area contributed by atoms with Crippen LogP contribution in [0.5, 0.6) is 0 Å². The van der Waals surface area contributed by atoms with E-state index < -0.39 is 5.97 Å². The van der Waals surface area contributed by atoms with Crippen LogP contribution in [-0.4, -0.2) is 64.1 Å². The first-order chi connectivity index (χ1) is 23.2. The first-order valence-corrected chi connectivity index (χ1v) is 16.7. The van der Waals surface area contributed by atoms with E-state index in [0.29, 0.717) is 23.9 Å². The van der Waals surface area contributed by atoms with Crippen LogP contribution >= 0.6 is 0 Å². The second kappa shape index (κ2) is 34.3. The zero-order valence-electron chi connectivity index (χ0n) is 31.1. The molecule has 3 unspecified atom stereocenters. The Bertz CT molecular complexity index is 1070. The summed E-state index contributed by atoms with van der Waals surface area (Å²) in [5.41, 5.74) is 1.16. The van der Waals surface area contributed by atoms with Crippen LogP contribution in [0.15, 0.2) is 84.2 Å². The number of allylic oxidation sites excluding steroid dienone is 7. The number of esters is 1. The summed E-state index contributed by atoms with van der Waals surface area (Å²) in [7, 11) is 7.08. The molecule has 2 aliphatic rings. The van der Waals surface area contributed by atoms with Crippen molar-refractivity contribution in [2.45, 2.75) is 98.2 Å². The maximum absolute atomic E-state index is 12.6. The standard InChI is InChI=1S/C28H41NO5.C4H9N.C3H6O2.C2H6.C2H2/c1-6-8-12-23(33-24-13-9-11-21(10-7-2)18-26(24)31-4)15-17-28(30)34-25-16-14-22(20-29-3)19-27(25)32-5;1-3-4-5-2;1-2-3(4)5;2*1-2/h7,9,11-12,16,18-19,22,24,26,29H,2,6,8,10,13-15,17,20H2,1,3-5H3;3-5H,1-2H3;2H2,1H3,(H,4,5);1-2H3;1-2H/b23-12+;4-3-;;;. The topological polar surface area (TPSA) is 115 Å². The predicted molar refractivity (Wildman–Crippen MR) is 199 cm³/mol. The first kappa shape index (κ1) is 48.4. The summed E-state index contributed by atoms with van der Waals surface area (Å²) in [5, 5.41) is 13.7. The van der Waals surface area contributed by atoms with Crippen LogP contribution in [-0.2, 0) is 28.5 Å². The number of carboxylic acids is 1. The van der Waals surface area contributed by atoms with E-state index in [2.05, 4.69) is 61.3 Å². The molecule has 3 N–H and O–H groups in total. The zero-order chi connectivity index (χ0) is 37.2. The Hall–Kier alpha value is -4.00. The maximum Gasteiger partial charge on any atom is 0.311 e. The SMILES string of the molecule is C#C.C/C=C\NC.C=CCC1=CC(OC)C(O/C(=C/CCC)CCC(=O)OC2=CCC(CNC)C=C2OC)CC=C1.CC.CCC(=O)O. The molecule has 0 aliphatic heterocycles. The zero-order valence-corrected chi connectivity index (χ0v) is 31.1. The van der Waals surface area contributed by atoms with Crippen LogP contribution in [0.25, 0.3) is 0 Å². The highest BCUT2D eigenvalue weighted by Gasteiger charge is 2.24. The van der Waals surface area contributed by atoms with Gasteiger partial charge in [-0.1, -0.05) is 58.4 Å². The van der Waals surface area contributed by atoms with E-state index in [-0.39, 0.29) is 31.0 Å². The van der Waals surface area contributed by atoms with Crippen molar-refractivity contribution in [1.29, 1.82) is 0 Å². The molecule has 0 aromatic rings. The van der Waals surface area contributed by atoms with Gasteiger partial charge in [-0.2, -0.15) is 0 Å². The van der Waals surface area contributed by atoms with E-state index in [4.69, 9.17) is 24.1 Å². The highest BCUT2D eigenvalue weighted by molar-refractivity contribution is 5.71. The van der Waals surface area contributed by atoms with E-state index in [1.54, 1.807) is 21.1 Å². The average Bonchev–Trinajstić information content (AvgIpc) is 3.30. The lowest BCUT2D eigenvalue weighted by Crippen LogP contribution is -2.28. The van der Waals surface area contributed by atoms with Crippen LogP contribution in [0, 0.1) is 18.8 Å². The van der Waals surface area contributed by atoms with Gasteiger partial charge in [0.2, 0.25) is 0 Å². The second-order valence-electron chi connectivity index (χ2n) is 10.1. The maximum atomic E-state index is 12.6. The van der Waals surface area contributed by atoms with Gasteiger partial charge in [-0.3, -0.25) is 9.59 Å². The van der Waals surface area contributed by atoms with Crippen LogP contribution in [0.3, 0.4) is 0 Å². The minimum Gasteiger partial charge on any atom is -0.493 e. The molecule has 9 nitrogen and oxygen atoms in total. The lowest BCUT2D eigenvalue weighted by Gasteiger charge is -2.25. The number of unbranched alkanes of at least 4 members (excludes halogenated alkanes) is 1. The van der Waals surface area contributed by atoms with Gasteiger partial charge < -0.3 is 34.7 Å². The van der Waals surface area contributed by atoms with Crippen LogP contribution in [0.1, 0.15) is 86.0 Å². The van der Waals surface area contributed by atoms with Gasteiger partial charge in [0, 0.05) is 40.0 Å². The Labute approximate surface area is 291 Å². The monoisotopic (exact) mass is 672 g/mol.